The summed E-state index contributed by atoms with van der Waals surface area (Å²) in [6, 6.07) is 14.4. The number of nitrogens with one attached hydrogen (secondary N) is 1. The number of rotatable bonds is 6. The molecule has 0 aliphatic heterocycles. The van der Waals surface area contributed by atoms with Crippen LogP contribution in [0.5, 0.6) is 5.75 Å². The number of anilines is 1. The van der Waals surface area contributed by atoms with Crippen molar-refractivity contribution < 1.29 is 14.3 Å². The fourth-order valence-electron chi connectivity index (χ4n) is 2.50. The summed E-state index contributed by atoms with van der Waals surface area (Å²) in [6.07, 6.45) is 0. The van der Waals surface area contributed by atoms with Crippen LogP contribution < -0.4 is 15.0 Å². The zero-order valence-electron chi connectivity index (χ0n) is 14.5. The number of methoxy groups -OCH3 is 1. The number of halogens is 1. The van der Waals surface area contributed by atoms with Crippen molar-refractivity contribution in [3.8, 4) is 5.75 Å². The zero-order chi connectivity index (χ0) is 18.4. The van der Waals surface area contributed by atoms with Gasteiger partial charge in [-0.3, -0.25) is 14.5 Å². The van der Waals surface area contributed by atoms with Gasteiger partial charge in [0.2, 0.25) is 11.8 Å². The molecule has 0 fully saturated rings. The van der Waals surface area contributed by atoms with Gasteiger partial charge in [0.25, 0.3) is 0 Å². The number of ether oxygens (including phenoxy) is 1. The first-order valence-electron chi connectivity index (χ1n) is 7.88. The molecular formula is C19H21ClN2O3. The Morgan fingerprint density at radius 3 is 2.48 bits per heavy atom. The average molecular weight is 361 g/mol. The average Bonchev–Trinajstić information content (AvgIpc) is 2.60. The van der Waals surface area contributed by atoms with Crippen molar-refractivity contribution in [3.63, 3.8) is 0 Å². The van der Waals surface area contributed by atoms with Gasteiger partial charge in [-0.15, -0.1) is 0 Å². The molecule has 1 unspecified atom stereocenters. The predicted molar refractivity (Wildman–Crippen MR) is 99.0 cm³/mol. The highest BCUT2D eigenvalue weighted by Crippen LogP contribution is 2.31. The Morgan fingerprint density at radius 1 is 1.20 bits per heavy atom. The molecule has 5 nitrogen and oxygen atoms in total. The van der Waals surface area contributed by atoms with E-state index in [1.807, 2.05) is 37.3 Å². The van der Waals surface area contributed by atoms with E-state index in [0.717, 1.165) is 5.56 Å². The van der Waals surface area contributed by atoms with E-state index in [4.69, 9.17) is 16.3 Å². The van der Waals surface area contributed by atoms with Crippen molar-refractivity contribution in [3.05, 3.63) is 59.1 Å². The number of hydrogen-bond donors (Lipinski definition) is 1. The van der Waals surface area contributed by atoms with Crippen LogP contribution in [0.2, 0.25) is 5.02 Å². The van der Waals surface area contributed by atoms with Crippen molar-refractivity contribution >= 4 is 29.1 Å². The summed E-state index contributed by atoms with van der Waals surface area (Å²) >= 11 is 6.03. The molecule has 2 aromatic rings. The van der Waals surface area contributed by atoms with Crippen LogP contribution in [0, 0.1) is 0 Å². The third-order valence-corrected chi connectivity index (χ3v) is 4.03. The van der Waals surface area contributed by atoms with Crippen LogP contribution in [0.4, 0.5) is 5.69 Å². The second kappa shape index (κ2) is 8.53. The molecule has 0 aliphatic rings. The lowest BCUT2D eigenvalue weighted by Crippen LogP contribution is -2.40. The number of carbonyl (C=O) groups is 2. The Bertz CT molecular complexity index is 750. The summed E-state index contributed by atoms with van der Waals surface area (Å²) in [7, 11) is 1.50. The topological polar surface area (TPSA) is 58.6 Å². The van der Waals surface area contributed by atoms with Gasteiger partial charge < -0.3 is 10.1 Å². The molecule has 2 amide bonds. The normalized spacial score (nSPS) is 11.5. The standard InChI is InChI=1S/C19H21ClN2O3/c1-13(15-7-5-4-6-8-15)21-19(24)12-22(14(2)23)17-11-16(20)9-10-18(17)25-3/h4-11,13H,12H2,1-3H3,(H,21,24). The molecule has 0 saturated heterocycles. The van der Waals surface area contributed by atoms with E-state index in [9.17, 15) is 9.59 Å². The number of nitrogens with zero attached hydrogens (tertiary/aromatic N) is 1. The van der Waals surface area contributed by atoms with Crippen LogP contribution in [0.15, 0.2) is 48.5 Å². The summed E-state index contributed by atoms with van der Waals surface area (Å²) < 4.78 is 5.28. The molecule has 0 heterocycles. The molecule has 6 heteroatoms. The maximum absolute atomic E-state index is 12.4. The molecule has 2 rings (SSSR count). The van der Waals surface area contributed by atoms with Gasteiger partial charge in [0.1, 0.15) is 12.3 Å². The molecule has 0 aromatic heterocycles. The molecule has 0 aliphatic carbocycles. The molecule has 0 saturated carbocycles. The van der Waals surface area contributed by atoms with Crippen LogP contribution in [0.3, 0.4) is 0 Å². The van der Waals surface area contributed by atoms with Crippen molar-refractivity contribution in [1.29, 1.82) is 0 Å². The fraction of sp³-hybridized carbons (Fsp3) is 0.263. The third kappa shape index (κ3) is 4.97. The highest BCUT2D eigenvalue weighted by molar-refractivity contribution is 6.31. The van der Waals surface area contributed by atoms with E-state index < -0.39 is 0 Å². The first kappa shape index (κ1) is 18.8. The maximum Gasteiger partial charge on any atom is 0.240 e. The van der Waals surface area contributed by atoms with Crippen molar-refractivity contribution in [2.75, 3.05) is 18.6 Å². The molecule has 25 heavy (non-hydrogen) atoms. The van der Waals surface area contributed by atoms with Gasteiger partial charge in [-0.25, -0.2) is 0 Å². The SMILES string of the molecule is COc1ccc(Cl)cc1N(CC(=O)NC(C)c1ccccc1)C(C)=O. The minimum Gasteiger partial charge on any atom is -0.495 e. The number of carbonyl (C=O) groups excluding carboxylic acids is 2. The van der Waals surface area contributed by atoms with Crippen LogP contribution >= 0.6 is 11.6 Å². The maximum atomic E-state index is 12.4. The smallest absolute Gasteiger partial charge is 0.240 e. The summed E-state index contributed by atoms with van der Waals surface area (Å²) in [6.45, 7) is 3.17. The van der Waals surface area contributed by atoms with Crippen LogP contribution in [0.1, 0.15) is 25.5 Å². The summed E-state index contributed by atoms with van der Waals surface area (Å²) in [5, 5.41) is 3.36. The van der Waals surface area contributed by atoms with E-state index in [2.05, 4.69) is 5.32 Å². The van der Waals surface area contributed by atoms with E-state index in [1.165, 1.54) is 18.9 Å². The fourth-order valence-corrected chi connectivity index (χ4v) is 2.66. The van der Waals surface area contributed by atoms with Gasteiger partial charge in [0.15, 0.2) is 0 Å². The lowest BCUT2D eigenvalue weighted by atomic mass is 10.1. The summed E-state index contributed by atoms with van der Waals surface area (Å²) in [5.74, 6) is -0.0693. The molecule has 0 spiro atoms. The lowest BCUT2D eigenvalue weighted by Gasteiger charge is -2.24. The second-order valence-corrected chi connectivity index (χ2v) is 6.06. The van der Waals surface area contributed by atoms with E-state index in [0.29, 0.717) is 16.5 Å². The van der Waals surface area contributed by atoms with Crippen LogP contribution in [-0.4, -0.2) is 25.5 Å². The minimum absolute atomic E-state index is 0.122. The highest BCUT2D eigenvalue weighted by Gasteiger charge is 2.21. The largest absolute Gasteiger partial charge is 0.495 e. The molecule has 1 N–H and O–H groups in total. The van der Waals surface area contributed by atoms with Gasteiger partial charge in [0.05, 0.1) is 18.8 Å². The molecule has 0 radical (unpaired) electrons. The highest BCUT2D eigenvalue weighted by atomic mass is 35.5. The molecule has 1 atom stereocenters. The minimum atomic E-state index is -0.275. The number of hydrogen-bond acceptors (Lipinski definition) is 3. The third-order valence-electron chi connectivity index (χ3n) is 3.79. The Balaban J connectivity index is 2.15. The monoisotopic (exact) mass is 360 g/mol. The van der Waals surface area contributed by atoms with Gasteiger partial charge in [-0.2, -0.15) is 0 Å². The Morgan fingerprint density at radius 2 is 1.88 bits per heavy atom. The molecule has 132 valence electrons. The Kier molecular flexibility index (Phi) is 6.42. The van der Waals surface area contributed by atoms with Gasteiger partial charge in [0, 0.05) is 11.9 Å². The first-order valence-corrected chi connectivity index (χ1v) is 8.26. The van der Waals surface area contributed by atoms with Crippen molar-refractivity contribution in [2.24, 2.45) is 0 Å². The first-order chi connectivity index (χ1) is 11.9. The molecule has 0 bridgehead atoms. The number of amides is 2. The summed E-state index contributed by atoms with van der Waals surface area (Å²) in [4.78, 5) is 25.8. The van der Waals surface area contributed by atoms with E-state index in [-0.39, 0.29) is 24.4 Å². The number of benzene rings is 2. The Hall–Kier alpha value is -2.53. The lowest BCUT2D eigenvalue weighted by molar-refractivity contribution is -0.123. The van der Waals surface area contributed by atoms with Crippen LogP contribution in [-0.2, 0) is 9.59 Å². The van der Waals surface area contributed by atoms with Crippen molar-refractivity contribution in [2.45, 2.75) is 19.9 Å². The molecular weight excluding hydrogens is 340 g/mol. The van der Waals surface area contributed by atoms with Gasteiger partial charge in [-0.1, -0.05) is 41.9 Å². The van der Waals surface area contributed by atoms with E-state index in [1.54, 1.807) is 18.2 Å². The van der Waals surface area contributed by atoms with E-state index >= 15 is 0 Å². The molecule has 2 aromatic carbocycles. The summed E-state index contributed by atoms with van der Waals surface area (Å²) in [5.41, 5.74) is 1.45. The van der Waals surface area contributed by atoms with Crippen LogP contribution in [0.25, 0.3) is 0 Å². The van der Waals surface area contributed by atoms with Crippen molar-refractivity contribution in [1.82, 2.24) is 5.32 Å². The van der Waals surface area contributed by atoms with Gasteiger partial charge >= 0.3 is 0 Å². The Labute approximate surface area is 152 Å². The van der Waals surface area contributed by atoms with Gasteiger partial charge in [-0.05, 0) is 30.7 Å². The zero-order valence-corrected chi connectivity index (χ0v) is 15.2. The predicted octanol–water partition coefficient (Wildman–Crippen LogP) is 3.58. The quantitative estimate of drug-likeness (QED) is 0.856. The second-order valence-electron chi connectivity index (χ2n) is 5.62.